The van der Waals surface area contributed by atoms with Gasteiger partial charge in [-0.3, -0.25) is 4.79 Å². The van der Waals surface area contributed by atoms with Gasteiger partial charge in [-0.05, 0) is 24.1 Å². The lowest BCUT2D eigenvalue weighted by Gasteiger charge is -2.03. The van der Waals surface area contributed by atoms with E-state index in [1.807, 2.05) is 0 Å². The van der Waals surface area contributed by atoms with Crippen molar-refractivity contribution in [1.82, 2.24) is 25.1 Å². The van der Waals surface area contributed by atoms with Crippen molar-refractivity contribution >= 4 is 22.2 Å². The Bertz CT molecular complexity index is 871. The molecule has 0 saturated carbocycles. The van der Waals surface area contributed by atoms with Gasteiger partial charge in [-0.25, -0.2) is 4.39 Å². The molecule has 3 rings (SSSR count). The first-order chi connectivity index (χ1) is 11.3. The zero-order valence-corrected chi connectivity index (χ0v) is 12.7. The number of benzene rings is 1. The van der Waals surface area contributed by atoms with Crippen LogP contribution in [0.2, 0.25) is 0 Å². The predicted molar refractivity (Wildman–Crippen MR) is 76.1 cm³/mol. The highest BCUT2D eigenvalue weighted by Gasteiger charge is 2.38. The van der Waals surface area contributed by atoms with Crippen molar-refractivity contribution in [2.75, 3.05) is 6.54 Å². The van der Waals surface area contributed by atoms with Crippen LogP contribution in [0.25, 0.3) is 4.96 Å². The normalized spacial score (nSPS) is 11.8. The highest BCUT2D eigenvalue weighted by atomic mass is 32.1. The zero-order valence-electron chi connectivity index (χ0n) is 11.8. The molecule has 0 aliphatic rings. The van der Waals surface area contributed by atoms with E-state index in [0.717, 1.165) is 5.56 Å². The second kappa shape index (κ2) is 6.15. The summed E-state index contributed by atoms with van der Waals surface area (Å²) in [5.74, 6) is -2.25. The molecule has 0 fully saturated rings. The number of nitrogens with zero attached hydrogens (tertiary/aromatic N) is 4. The third-order valence-electron chi connectivity index (χ3n) is 3.05. The van der Waals surface area contributed by atoms with Gasteiger partial charge < -0.3 is 5.32 Å². The van der Waals surface area contributed by atoms with Crippen molar-refractivity contribution in [3.63, 3.8) is 0 Å². The number of halogens is 4. The van der Waals surface area contributed by atoms with Crippen molar-refractivity contribution in [2.45, 2.75) is 12.6 Å². The van der Waals surface area contributed by atoms with Crippen molar-refractivity contribution in [3.05, 3.63) is 46.5 Å². The van der Waals surface area contributed by atoms with Crippen molar-refractivity contribution in [1.29, 1.82) is 0 Å². The van der Waals surface area contributed by atoms with Crippen LogP contribution in [0.15, 0.2) is 24.3 Å². The van der Waals surface area contributed by atoms with Crippen LogP contribution < -0.4 is 5.32 Å². The zero-order chi connectivity index (χ0) is 17.3. The van der Waals surface area contributed by atoms with Gasteiger partial charge in [0.2, 0.25) is 9.97 Å². The minimum atomic E-state index is -4.70. The number of carbonyl (C=O) groups excluding carboxylic acids is 1. The first kappa shape index (κ1) is 16.3. The predicted octanol–water partition coefficient (Wildman–Crippen LogP) is 2.32. The van der Waals surface area contributed by atoms with E-state index in [-0.39, 0.29) is 22.3 Å². The summed E-state index contributed by atoms with van der Waals surface area (Å²) >= 11 is 0.707. The molecule has 1 amide bonds. The third kappa shape index (κ3) is 3.35. The van der Waals surface area contributed by atoms with Crippen LogP contribution in [0, 0.1) is 5.82 Å². The molecule has 0 aliphatic heterocycles. The van der Waals surface area contributed by atoms with Gasteiger partial charge in [0, 0.05) is 6.54 Å². The van der Waals surface area contributed by atoms with Crippen LogP contribution in [0.3, 0.4) is 0 Å². The van der Waals surface area contributed by atoms with Crippen LogP contribution in [-0.2, 0) is 12.6 Å². The van der Waals surface area contributed by atoms with Gasteiger partial charge in [-0.2, -0.15) is 17.7 Å². The fraction of sp³-hybridized carbons (Fsp3) is 0.231. The third-order valence-corrected chi connectivity index (χ3v) is 3.95. The monoisotopic (exact) mass is 359 g/mol. The molecule has 1 N–H and O–H groups in total. The van der Waals surface area contributed by atoms with Gasteiger partial charge in [0.15, 0.2) is 0 Å². The summed E-state index contributed by atoms with van der Waals surface area (Å²) in [5.41, 5.74) is 0.814. The molecular formula is C13H9F4N5OS. The van der Waals surface area contributed by atoms with E-state index < -0.39 is 17.9 Å². The van der Waals surface area contributed by atoms with Crippen molar-refractivity contribution < 1.29 is 22.4 Å². The first-order valence-electron chi connectivity index (χ1n) is 6.66. The van der Waals surface area contributed by atoms with Gasteiger partial charge >= 0.3 is 6.18 Å². The number of hydrogen-bond acceptors (Lipinski definition) is 5. The number of amides is 1. The number of aromatic nitrogens is 4. The highest BCUT2D eigenvalue weighted by Crippen LogP contribution is 2.28. The van der Waals surface area contributed by atoms with Gasteiger partial charge in [0.05, 0.1) is 0 Å². The molecule has 0 unspecified atom stereocenters. The van der Waals surface area contributed by atoms with Crippen LogP contribution in [0.5, 0.6) is 0 Å². The maximum absolute atomic E-state index is 12.8. The van der Waals surface area contributed by atoms with Crippen LogP contribution in [-0.4, -0.2) is 32.3 Å². The number of hydrogen-bond donors (Lipinski definition) is 1. The molecule has 3 aromatic rings. The Morgan fingerprint density at radius 1 is 1.21 bits per heavy atom. The molecule has 0 saturated heterocycles. The maximum Gasteiger partial charge on any atom is 0.453 e. The smallest absolute Gasteiger partial charge is 0.350 e. The van der Waals surface area contributed by atoms with Gasteiger partial charge in [-0.1, -0.05) is 23.5 Å². The molecule has 0 aliphatic carbocycles. The Morgan fingerprint density at radius 3 is 2.58 bits per heavy atom. The summed E-state index contributed by atoms with van der Waals surface area (Å²) in [4.78, 5) is 11.8. The largest absolute Gasteiger partial charge is 0.453 e. The Labute approximate surface area is 136 Å². The number of carbonyl (C=O) groups is 1. The molecule has 24 heavy (non-hydrogen) atoms. The second-order valence-corrected chi connectivity index (χ2v) is 5.71. The van der Waals surface area contributed by atoms with E-state index in [0.29, 0.717) is 22.3 Å². The summed E-state index contributed by atoms with van der Waals surface area (Å²) in [5, 5.41) is 12.4. The average molecular weight is 359 g/mol. The lowest BCUT2D eigenvalue weighted by Crippen LogP contribution is -2.26. The molecule has 126 valence electrons. The standard InChI is InChI=1S/C13H9F4N5OS/c14-8-3-1-7(2-4-8)5-6-18-9(23)10-21-22-11(13(15,16)17)19-20-12(22)24-10/h1-4H,5-6H2,(H,18,23). The van der Waals surface area contributed by atoms with E-state index in [4.69, 9.17) is 0 Å². The summed E-state index contributed by atoms with van der Waals surface area (Å²) in [6, 6.07) is 5.78. The van der Waals surface area contributed by atoms with Crippen molar-refractivity contribution in [3.8, 4) is 0 Å². The van der Waals surface area contributed by atoms with Crippen LogP contribution >= 0.6 is 11.3 Å². The summed E-state index contributed by atoms with van der Waals surface area (Å²) in [7, 11) is 0. The lowest BCUT2D eigenvalue weighted by molar-refractivity contribution is -0.146. The molecule has 2 heterocycles. The van der Waals surface area contributed by atoms with E-state index >= 15 is 0 Å². The number of rotatable bonds is 4. The van der Waals surface area contributed by atoms with E-state index in [1.165, 1.54) is 12.1 Å². The molecule has 0 spiro atoms. The number of alkyl halides is 3. The summed E-state index contributed by atoms with van der Waals surface area (Å²) in [6.07, 6.45) is -4.26. The molecule has 1 aromatic carbocycles. The highest BCUT2D eigenvalue weighted by molar-refractivity contribution is 7.18. The SMILES string of the molecule is O=C(NCCc1ccc(F)cc1)c1nn2c(C(F)(F)F)nnc2s1. The van der Waals surface area contributed by atoms with Crippen molar-refractivity contribution in [2.24, 2.45) is 0 Å². The van der Waals surface area contributed by atoms with Gasteiger partial charge in [-0.15, -0.1) is 15.3 Å². The lowest BCUT2D eigenvalue weighted by atomic mass is 10.1. The van der Waals surface area contributed by atoms with E-state index in [2.05, 4.69) is 20.6 Å². The molecule has 0 radical (unpaired) electrons. The van der Waals surface area contributed by atoms with Gasteiger partial charge in [0.25, 0.3) is 11.7 Å². The molecule has 0 atom stereocenters. The molecule has 0 bridgehead atoms. The Morgan fingerprint density at radius 2 is 1.92 bits per heavy atom. The van der Waals surface area contributed by atoms with E-state index in [9.17, 15) is 22.4 Å². The molecule has 6 nitrogen and oxygen atoms in total. The first-order valence-corrected chi connectivity index (χ1v) is 7.48. The molecular weight excluding hydrogens is 350 g/mol. The topological polar surface area (TPSA) is 72.2 Å². The van der Waals surface area contributed by atoms with Crippen LogP contribution in [0.1, 0.15) is 21.2 Å². The van der Waals surface area contributed by atoms with E-state index in [1.54, 1.807) is 12.1 Å². The second-order valence-electron chi connectivity index (χ2n) is 4.76. The maximum atomic E-state index is 12.8. The fourth-order valence-electron chi connectivity index (χ4n) is 1.93. The fourth-order valence-corrected chi connectivity index (χ4v) is 2.69. The van der Waals surface area contributed by atoms with Gasteiger partial charge in [0.1, 0.15) is 5.82 Å². The molecule has 11 heteroatoms. The Kier molecular flexibility index (Phi) is 4.18. The average Bonchev–Trinajstić information content (AvgIpc) is 3.08. The number of nitrogens with one attached hydrogen (secondary N) is 1. The summed E-state index contributed by atoms with van der Waals surface area (Å²) in [6.45, 7) is 0.233. The van der Waals surface area contributed by atoms with Crippen LogP contribution in [0.4, 0.5) is 17.6 Å². The number of fused-ring (bicyclic) bond motifs is 1. The molecule has 2 aromatic heterocycles. The Balaban J connectivity index is 1.66. The minimum Gasteiger partial charge on any atom is -0.350 e. The summed E-state index contributed by atoms with van der Waals surface area (Å²) < 4.78 is 51.4. The Hall–Kier alpha value is -2.56. The quantitative estimate of drug-likeness (QED) is 0.726. The minimum absolute atomic E-state index is 0.119.